The number of aliphatic hydroxyl groups excluding tert-OH is 1. The van der Waals surface area contributed by atoms with Crippen LogP contribution in [0.25, 0.3) is 0 Å². The van der Waals surface area contributed by atoms with Crippen LogP contribution in [0.4, 0.5) is 8.78 Å². The fourth-order valence-corrected chi connectivity index (χ4v) is 4.99. The highest BCUT2D eigenvalue weighted by Gasteiger charge is 2.56. The van der Waals surface area contributed by atoms with Gasteiger partial charge < -0.3 is 19.1 Å². The molecule has 2 heterocycles. The SMILES string of the molecule is CC(C)OC(=O)[C@H](C)N[P@](=O)(OC[C@H]1O[C@@H](n2cc(F)c(=O)[nH]c2=O)[C@](C)(F)C1O)Oc1ccccc1. The number of rotatable bonds is 10. The van der Waals surface area contributed by atoms with Gasteiger partial charge in [0, 0.05) is 0 Å². The number of aliphatic hydroxyl groups is 1. The Morgan fingerprint density at radius 3 is 2.57 bits per heavy atom. The molecule has 37 heavy (non-hydrogen) atoms. The predicted octanol–water partition coefficient (Wildman–Crippen LogP) is 1.80. The maximum absolute atomic E-state index is 15.4. The van der Waals surface area contributed by atoms with E-state index in [-0.39, 0.29) is 5.75 Å². The minimum atomic E-state index is -4.37. The van der Waals surface area contributed by atoms with Crippen molar-refractivity contribution in [2.24, 2.45) is 0 Å². The van der Waals surface area contributed by atoms with Crippen molar-refractivity contribution in [3.05, 3.63) is 63.2 Å². The largest absolute Gasteiger partial charge is 0.462 e. The molecule has 0 spiro atoms. The highest BCUT2D eigenvalue weighted by Crippen LogP contribution is 2.47. The second kappa shape index (κ2) is 11.2. The number of benzene rings is 1. The van der Waals surface area contributed by atoms with Gasteiger partial charge in [-0.25, -0.2) is 13.8 Å². The van der Waals surface area contributed by atoms with Crippen molar-refractivity contribution in [2.75, 3.05) is 6.61 Å². The number of nitrogens with zero attached hydrogens (tertiary/aromatic N) is 1. The molecule has 1 fully saturated rings. The number of ether oxygens (including phenoxy) is 2. The van der Waals surface area contributed by atoms with Crippen LogP contribution in [0, 0.1) is 5.82 Å². The first-order chi connectivity index (χ1) is 17.2. The lowest BCUT2D eigenvalue weighted by atomic mass is 9.98. The Hall–Kier alpha value is -2.90. The van der Waals surface area contributed by atoms with Crippen LogP contribution in [0.1, 0.15) is 33.9 Å². The number of halogens is 2. The Labute approximate surface area is 210 Å². The molecule has 3 rings (SSSR count). The first-order valence-corrected chi connectivity index (χ1v) is 12.8. The monoisotopic (exact) mass is 547 g/mol. The molecule has 12 nitrogen and oxygen atoms in total. The van der Waals surface area contributed by atoms with Gasteiger partial charge in [-0.05, 0) is 39.8 Å². The molecule has 1 aromatic carbocycles. The number of esters is 1. The Bertz CT molecular complexity index is 1270. The molecule has 0 saturated carbocycles. The van der Waals surface area contributed by atoms with E-state index in [2.05, 4.69) is 5.09 Å². The summed E-state index contributed by atoms with van der Waals surface area (Å²) >= 11 is 0. The van der Waals surface area contributed by atoms with E-state index in [1.807, 2.05) is 0 Å². The smallest absolute Gasteiger partial charge is 0.459 e. The summed E-state index contributed by atoms with van der Waals surface area (Å²) < 4.78 is 64.6. The van der Waals surface area contributed by atoms with E-state index in [1.54, 1.807) is 37.0 Å². The lowest BCUT2D eigenvalue weighted by Crippen LogP contribution is -2.44. The van der Waals surface area contributed by atoms with Crippen LogP contribution >= 0.6 is 7.75 Å². The average molecular weight is 547 g/mol. The predicted molar refractivity (Wildman–Crippen MR) is 125 cm³/mol. The molecule has 1 aliphatic rings. The molecule has 0 bridgehead atoms. The molecule has 2 aromatic rings. The number of carbonyl (C=O) groups excluding carboxylic acids is 1. The van der Waals surface area contributed by atoms with Gasteiger partial charge >= 0.3 is 19.4 Å². The summed E-state index contributed by atoms with van der Waals surface area (Å²) in [5.41, 5.74) is -5.14. The number of hydrogen-bond acceptors (Lipinski definition) is 9. The van der Waals surface area contributed by atoms with Crippen molar-refractivity contribution in [2.45, 2.75) is 63.9 Å². The molecule has 0 aliphatic carbocycles. The zero-order chi connectivity index (χ0) is 27.5. The Morgan fingerprint density at radius 2 is 1.95 bits per heavy atom. The van der Waals surface area contributed by atoms with Crippen LogP contribution in [0.3, 0.4) is 0 Å². The second-order valence-electron chi connectivity index (χ2n) is 8.80. The van der Waals surface area contributed by atoms with Gasteiger partial charge in [0.2, 0.25) is 5.82 Å². The minimum absolute atomic E-state index is 0.110. The molecule has 1 aromatic heterocycles. The summed E-state index contributed by atoms with van der Waals surface area (Å²) in [6, 6.07) is 6.66. The van der Waals surface area contributed by atoms with Crippen molar-refractivity contribution in [1.82, 2.24) is 14.6 Å². The van der Waals surface area contributed by atoms with Crippen LogP contribution in [0.5, 0.6) is 5.75 Å². The van der Waals surface area contributed by atoms with Gasteiger partial charge in [0.1, 0.15) is 24.0 Å². The lowest BCUT2D eigenvalue weighted by Gasteiger charge is -2.25. The van der Waals surface area contributed by atoms with Gasteiger partial charge in [-0.15, -0.1) is 0 Å². The molecular formula is C22H28F2N3O9P. The quantitative estimate of drug-likeness (QED) is 0.296. The maximum Gasteiger partial charge on any atom is 0.459 e. The van der Waals surface area contributed by atoms with E-state index in [4.69, 9.17) is 18.5 Å². The second-order valence-corrected chi connectivity index (χ2v) is 10.5. The summed E-state index contributed by atoms with van der Waals surface area (Å²) in [5.74, 6) is -2.01. The van der Waals surface area contributed by atoms with Crippen LogP contribution in [-0.2, 0) is 23.4 Å². The molecule has 1 saturated heterocycles. The van der Waals surface area contributed by atoms with Crippen LogP contribution in [-0.4, -0.2) is 57.3 Å². The van der Waals surface area contributed by atoms with Crippen LogP contribution < -0.4 is 20.9 Å². The van der Waals surface area contributed by atoms with Crippen molar-refractivity contribution in [3.8, 4) is 5.75 Å². The molecule has 0 radical (unpaired) electrons. The number of H-pyrrole nitrogens is 1. The van der Waals surface area contributed by atoms with Crippen molar-refractivity contribution < 1.29 is 41.8 Å². The Balaban J connectivity index is 1.82. The fraction of sp³-hybridized carbons (Fsp3) is 0.500. The normalized spacial score (nSPS) is 26.0. The summed E-state index contributed by atoms with van der Waals surface area (Å²) in [6.07, 6.45) is -5.32. The summed E-state index contributed by atoms with van der Waals surface area (Å²) in [6.45, 7) is 4.79. The van der Waals surface area contributed by atoms with Crippen LogP contribution in [0.15, 0.2) is 46.1 Å². The Morgan fingerprint density at radius 1 is 1.30 bits per heavy atom. The number of hydrogen-bond donors (Lipinski definition) is 3. The number of aromatic nitrogens is 2. The number of aromatic amines is 1. The molecular weight excluding hydrogens is 519 g/mol. The molecule has 1 unspecified atom stereocenters. The number of carbonyl (C=O) groups is 1. The van der Waals surface area contributed by atoms with Gasteiger partial charge in [-0.3, -0.25) is 23.7 Å². The number of para-hydroxylation sites is 1. The highest BCUT2D eigenvalue weighted by atomic mass is 31.2. The highest BCUT2D eigenvalue weighted by molar-refractivity contribution is 7.52. The van der Waals surface area contributed by atoms with Gasteiger partial charge in [-0.1, -0.05) is 18.2 Å². The third-order valence-corrected chi connectivity index (χ3v) is 6.97. The maximum atomic E-state index is 15.4. The van der Waals surface area contributed by atoms with E-state index < -0.39 is 73.6 Å². The molecule has 1 aliphatic heterocycles. The molecule has 6 atom stereocenters. The van der Waals surface area contributed by atoms with Crippen LogP contribution in [0.2, 0.25) is 0 Å². The fourth-order valence-electron chi connectivity index (χ4n) is 3.49. The average Bonchev–Trinajstić information content (AvgIpc) is 3.03. The van der Waals surface area contributed by atoms with Crippen molar-refractivity contribution in [1.29, 1.82) is 0 Å². The topological polar surface area (TPSA) is 158 Å². The summed E-state index contributed by atoms with van der Waals surface area (Å²) in [5, 5.41) is 13.0. The van der Waals surface area contributed by atoms with E-state index >= 15 is 4.39 Å². The first-order valence-electron chi connectivity index (χ1n) is 11.2. The van der Waals surface area contributed by atoms with Crippen molar-refractivity contribution in [3.63, 3.8) is 0 Å². The van der Waals surface area contributed by atoms with E-state index in [9.17, 15) is 28.4 Å². The molecule has 3 N–H and O–H groups in total. The van der Waals surface area contributed by atoms with Gasteiger partial charge in [0.15, 0.2) is 11.9 Å². The zero-order valence-corrected chi connectivity index (χ0v) is 21.3. The third kappa shape index (κ3) is 6.70. The molecule has 204 valence electrons. The van der Waals surface area contributed by atoms with E-state index in [0.717, 1.165) is 6.92 Å². The molecule has 15 heteroatoms. The van der Waals surface area contributed by atoms with Crippen molar-refractivity contribution >= 4 is 13.7 Å². The number of nitrogens with one attached hydrogen (secondary N) is 2. The van der Waals surface area contributed by atoms with Gasteiger partial charge in [0.25, 0.3) is 5.56 Å². The third-order valence-electron chi connectivity index (χ3n) is 5.33. The Kier molecular flexibility index (Phi) is 8.70. The zero-order valence-electron chi connectivity index (χ0n) is 20.4. The summed E-state index contributed by atoms with van der Waals surface area (Å²) in [4.78, 5) is 37.4. The number of alkyl halides is 1. The molecule has 0 amide bonds. The minimum Gasteiger partial charge on any atom is -0.462 e. The van der Waals surface area contributed by atoms with Gasteiger partial charge in [-0.2, -0.15) is 9.48 Å². The standard InChI is InChI=1S/C22H28F2N3O9P/c1-12(2)34-19(30)13(3)26-37(32,36-14-8-6-5-7-9-14)33-11-16-17(28)22(4,24)20(35-16)27-10-15(23)18(29)25-21(27)31/h5-10,12-13,16-17,20,28H,11H2,1-4H3,(H,26,32)(H,25,29,31)/t13-,16+,17?,20+,22+,37-/m0/s1. The summed E-state index contributed by atoms with van der Waals surface area (Å²) in [7, 11) is -4.37. The lowest BCUT2D eigenvalue weighted by molar-refractivity contribution is -0.149. The van der Waals surface area contributed by atoms with E-state index in [0.29, 0.717) is 10.8 Å². The van der Waals surface area contributed by atoms with E-state index in [1.165, 1.54) is 19.1 Å². The van der Waals surface area contributed by atoms with Gasteiger partial charge in [0.05, 0.1) is 18.9 Å². The first kappa shape index (κ1) is 28.7.